The largest absolute Gasteiger partial charge is 0.423 e. The lowest BCUT2D eigenvalue weighted by atomic mass is 10.0. The Morgan fingerprint density at radius 1 is 0.963 bits per heavy atom. The molecule has 0 atom stereocenters. The van der Waals surface area contributed by atoms with Gasteiger partial charge in [-0.2, -0.15) is 31.3 Å². The number of halogens is 6. The second-order valence-electron chi connectivity index (χ2n) is 5.74. The molecule has 0 aliphatic heterocycles. The molecule has 27 heavy (non-hydrogen) atoms. The van der Waals surface area contributed by atoms with Crippen LogP contribution in [0.4, 0.5) is 32.4 Å². The van der Waals surface area contributed by atoms with Crippen LogP contribution >= 0.6 is 0 Å². The summed E-state index contributed by atoms with van der Waals surface area (Å²) in [5.74, 6) is -1.21. The first-order valence-corrected chi connectivity index (χ1v) is 7.41. The van der Waals surface area contributed by atoms with Crippen LogP contribution in [-0.4, -0.2) is 10.9 Å². The molecule has 0 saturated heterocycles. The van der Waals surface area contributed by atoms with Crippen LogP contribution in [0.25, 0.3) is 11.1 Å². The SMILES string of the molecule is Cc1ccc2oc(NC(=O)c3cc(C(F)(F)F)cc(C(F)(F)F)c3)nc2c1. The third-order valence-electron chi connectivity index (χ3n) is 3.61. The number of carbonyl (C=O) groups excluding carboxylic acids is 1. The third kappa shape index (κ3) is 4.04. The predicted molar refractivity (Wildman–Crippen MR) is 83.1 cm³/mol. The Morgan fingerprint density at radius 2 is 1.56 bits per heavy atom. The summed E-state index contributed by atoms with van der Waals surface area (Å²) < 4.78 is 82.5. The second-order valence-corrected chi connectivity index (χ2v) is 5.74. The lowest BCUT2D eigenvalue weighted by Crippen LogP contribution is -2.17. The fourth-order valence-electron chi connectivity index (χ4n) is 2.35. The lowest BCUT2D eigenvalue weighted by Gasteiger charge is -2.13. The number of nitrogens with one attached hydrogen (secondary N) is 1. The van der Waals surface area contributed by atoms with Crippen LogP contribution in [0.1, 0.15) is 27.0 Å². The molecule has 1 N–H and O–H groups in total. The topological polar surface area (TPSA) is 55.1 Å². The zero-order valence-corrected chi connectivity index (χ0v) is 13.5. The molecule has 0 bridgehead atoms. The highest BCUT2D eigenvalue weighted by Crippen LogP contribution is 2.36. The van der Waals surface area contributed by atoms with Gasteiger partial charge in [0.1, 0.15) is 5.52 Å². The van der Waals surface area contributed by atoms with Crippen molar-refractivity contribution < 1.29 is 35.6 Å². The van der Waals surface area contributed by atoms with E-state index in [2.05, 4.69) is 10.3 Å². The molecule has 0 spiro atoms. The van der Waals surface area contributed by atoms with Crippen LogP contribution in [0.3, 0.4) is 0 Å². The van der Waals surface area contributed by atoms with Crippen LogP contribution in [0.5, 0.6) is 0 Å². The number of fused-ring (bicyclic) bond motifs is 1. The first kappa shape index (κ1) is 18.7. The van der Waals surface area contributed by atoms with E-state index < -0.39 is 35.0 Å². The third-order valence-corrected chi connectivity index (χ3v) is 3.61. The summed E-state index contributed by atoms with van der Waals surface area (Å²) in [5, 5.41) is 2.07. The zero-order valence-electron chi connectivity index (χ0n) is 13.5. The highest BCUT2D eigenvalue weighted by atomic mass is 19.4. The van der Waals surface area contributed by atoms with Gasteiger partial charge in [-0.05, 0) is 42.8 Å². The van der Waals surface area contributed by atoms with E-state index in [4.69, 9.17) is 4.42 Å². The van der Waals surface area contributed by atoms with Gasteiger partial charge in [-0.15, -0.1) is 0 Å². The number of benzene rings is 2. The van der Waals surface area contributed by atoms with Crippen molar-refractivity contribution in [2.45, 2.75) is 19.3 Å². The molecule has 3 rings (SSSR count). The minimum absolute atomic E-state index is 0.0566. The molecule has 0 saturated carbocycles. The molecule has 1 aromatic heterocycles. The molecular weight excluding hydrogens is 378 g/mol. The number of nitrogens with zero attached hydrogens (tertiary/aromatic N) is 1. The molecule has 0 radical (unpaired) electrons. The summed E-state index contributed by atoms with van der Waals surface area (Å²) in [4.78, 5) is 16.1. The zero-order chi connectivity index (χ0) is 20.0. The average Bonchev–Trinajstić information content (AvgIpc) is 2.94. The van der Waals surface area contributed by atoms with Crippen molar-refractivity contribution >= 4 is 23.0 Å². The van der Waals surface area contributed by atoms with Gasteiger partial charge in [0.15, 0.2) is 5.58 Å². The standard InChI is InChI=1S/C17H10F6N2O2/c1-8-2-3-13-12(4-8)24-15(27-13)25-14(26)9-5-10(16(18,19)20)7-11(6-9)17(21,22)23/h2-7H,1H3,(H,24,25,26). The monoisotopic (exact) mass is 388 g/mol. The molecule has 142 valence electrons. The number of carbonyl (C=O) groups is 1. The van der Waals surface area contributed by atoms with Gasteiger partial charge in [-0.1, -0.05) is 6.07 Å². The van der Waals surface area contributed by atoms with Crippen molar-refractivity contribution in [3.8, 4) is 0 Å². The van der Waals surface area contributed by atoms with Crippen LogP contribution in [0, 0.1) is 6.92 Å². The highest BCUT2D eigenvalue weighted by molar-refractivity contribution is 6.03. The Bertz CT molecular complexity index is 988. The van der Waals surface area contributed by atoms with E-state index in [1.807, 2.05) is 0 Å². The van der Waals surface area contributed by atoms with Crippen molar-refractivity contribution in [3.63, 3.8) is 0 Å². The maximum Gasteiger partial charge on any atom is 0.416 e. The Labute approximate surface area is 147 Å². The molecule has 0 aliphatic carbocycles. The van der Waals surface area contributed by atoms with Crippen LogP contribution < -0.4 is 5.32 Å². The Morgan fingerprint density at radius 3 is 2.11 bits per heavy atom. The Hall–Kier alpha value is -3.04. The second kappa shape index (κ2) is 6.29. The minimum atomic E-state index is -5.05. The first-order valence-electron chi connectivity index (χ1n) is 7.41. The van der Waals surface area contributed by atoms with Gasteiger partial charge in [-0.3, -0.25) is 10.1 Å². The summed E-state index contributed by atoms with van der Waals surface area (Å²) in [6, 6.07) is 5.18. The number of aryl methyl sites for hydroxylation is 1. The number of hydrogen-bond donors (Lipinski definition) is 1. The molecule has 10 heteroatoms. The van der Waals surface area contributed by atoms with Crippen LogP contribution in [0.15, 0.2) is 40.8 Å². The number of aromatic nitrogens is 1. The molecule has 0 unspecified atom stereocenters. The van der Waals surface area contributed by atoms with E-state index in [1.165, 1.54) is 0 Å². The Balaban J connectivity index is 1.97. The molecule has 3 aromatic rings. The average molecular weight is 388 g/mol. The van der Waals surface area contributed by atoms with Crippen molar-refractivity contribution in [1.29, 1.82) is 0 Å². The predicted octanol–water partition coefficient (Wildman–Crippen LogP) is 5.43. The normalized spacial score (nSPS) is 12.4. The summed E-state index contributed by atoms with van der Waals surface area (Å²) in [6.07, 6.45) is -10.1. The van der Waals surface area contributed by atoms with Crippen molar-refractivity contribution in [1.82, 2.24) is 4.98 Å². The van der Waals surface area contributed by atoms with E-state index in [9.17, 15) is 31.1 Å². The van der Waals surface area contributed by atoms with Gasteiger partial charge < -0.3 is 4.42 Å². The van der Waals surface area contributed by atoms with Gasteiger partial charge in [0.2, 0.25) is 0 Å². The van der Waals surface area contributed by atoms with E-state index in [0.29, 0.717) is 23.2 Å². The molecule has 0 fully saturated rings. The van der Waals surface area contributed by atoms with E-state index >= 15 is 0 Å². The molecule has 1 amide bonds. The quantitative estimate of drug-likeness (QED) is 0.596. The number of amides is 1. The maximum absolute atomic E-state index is 12.9. The fraction of sp³-hybridized carbons (Fsp3) is 0.176. The highest BCUT2D eigenvalue weighted by Gasteiger charge is 2.37. The van der Waals surface area contributed by atoms with Gasteiger partial charge in [0.05, 0.1) is 11.1 Å². The molecule has 0 aliphatic rings. The number of oxazole rings is 1. The summed E-state index contributed by atoms with van der Waals surface area (Å²) in [5.41, 5.74) is -2.47. The number of alkyl halides is 6. The van der Waals surface area contributed by atoms with E-state index in [-0.39, 0.29) is 12.1 Å². The Kier molecular flexibility index (Phi) is 4.37. The molecular formula is C17H10F6N2O2. The molecule has 4 nitrogen and oxygen atoms in total. The fourth-order valence-corrected chi connectivity index (χ4v) is 2.35. The van der Waals surface area contributed by atoms with E-state index in [1.54, 1.807) is 25.1 Å². The van der Waals surface area contributed by atoms with Gasteiger partial charge >= 0.3 is 18.4 Å². The van der Waals surface area contributed by atoms with Crippen molar-refractivity contribution in [2.75, 3.05) is 5.32 Å². The lowest BCUT2D eigenvalue weighted by molar-refractivity contribution is -0.143. The minimum Gasteiger partial charge on any atom is -0.423 e. The first-order chi connectivity index (χ1) is 12.4. The number of hydrogen-bond acceptors (Lipinski definition) is 3. The smallest absolute Gasteiger partial charge is 0.416 e. The van der Waals surface area contributed by atoms with Crippen LogP contribution in [0.2, 0.25) is 0 Å². The molecule has 2 aromatic carbocycles. The van der Waals surface area contributed by atoms with Crippen LogP contribution in [-0.2, 0) is 12.4 Å². The van der Waals surface area contributed by atoms with Crippen molar-refractivity contribution in [3.05, 3.63) is 58.7 Å². The summed E-state index contributed by atoms with van der Waals surface area (Å²) in [6.45, 7) is 1.79. The summed E-state index contributed by atoms with van der Waals surface area (Å²) in [7, 11) is 0. The maximum atomic E-state index is 12.9. The van der Waals surface area contributed by atoms with Gasteiger partial charge in [0.25, 0.3) is 5.91 Å². The molecule has 1 heterocycles. The van der Waals surface area contributed by atoms with E-state index in [0.717, 1.165) is 5.56 Å². The summed E-state index contributed by atoms with van der Waals surface area (Å²) >= 11 is 0. The van der Waals surface area contributed by atoms with Crippen molar-refractivity contribution in [2.24, 2.45) is 0 Å². The van der Waals surface area contributed by atoms with Gasteiger partial charge in [-0.25, -0.2) is 0 Å². The number of anilines is 1. The number of rotatable bonds is 2. The van der Waals surface area contributed by atoms with Gasteiger partial charge in [0, 0.05) is 5.56 Å².